The number of aliphatic hydroxyl groups is 9. The molecule has 9 amide bonds. The predicted octanol–water partition coefficient (Wildman–Crippen LogP) is -8.36. The van der Waals surface area contributed by atoms with Crippen LogP contribution in [-0.2, 0) is 85.8 Å². The summed E-state index contributed by atoms with van der Waals surface area (Å²) >= 11 is 0. The summed E-state index contributed by atoms with van der Waals surface area (Å²) in [5.74, 6) is -3.55. The molecule has 0 aromatic carbocycles. The van der Waals surface area contributed by atoms with Crippen LogP contribution < -0.4 is 53.2 Å². The molecular formula is C60H108N10O27. The van der Waals surface area contributed by atoms with E-state index in [-0.39, 0.29) is 167 Å². The van der Waals surface area contributed by atoms with Crippen molar-refractivity contribution in [2.24, 2.45) is 0 Å². The fourth-order valence-electron chi connectivity index (χ4n) is 10.3. The van der Waals surface area contributed by atoms with Gasteiger partial charge in [0.25, 0.3) is 0 Å². The number of aliphatic hydroxyl groups excluding tert-OH is 9. The Kier molecular flexibility index (Phi) is 42.0. The lowest BCUT2D eigenvalue weighted by Gasteiger charge is -2.42. The Morgan fingerprint density at radius 2 is 0.639 bits per heavy atom. The summed E-state index contributed by atoms with van der Waals surface area (Å²) in [6.45, 7) is 6.51. The van der Waals surface area contributed by atoms with E-state index in [0.29, 0.717) is 32.1 Å². The Labute approximate surface area is 563 Å². The minimum atomic E-state index is -1.50. The molecule has 0 spiro atoms. The normalized spacial score (nSPS) is 26.2. The zero-order chi connectivity index (χ0) is 71.9. The fourth-order valence-corrected chi connectivity index (χ4v) is 10.3. The van der Waals surface area contributed by atoms with E-state index < -0.39 is 147 Å². The third kappa shape index (κ3) is 33.5. The summed E-state index contributed by atoms with van der Waals surface area (Å²) in [6.07, 6.45) is -14.2. The zero-order valence-corrected chi connectivity index (χ0v) is 56.1. The first kappa shape index (κ1) is 85.7. The molecule has 0 aromatic rings. The van der Waals surface area contributed by atoms with Crippen LogP contribution in [0.4, 0.5) is 0 Å². The van der Waals surface area contributed by atoms with Gasteiger partial charge in [0.1, 0.15) is 73.1 Å². The van der Waals surface area contributed by atoms with Gasteiger partial charge >= 0.3 is 0 Å². The highest BCUT2D eigenvalue weighted by Crippen LogP contribution is 2.25. The number of carbonyl (C=O) groups excluding carboxylic acids is 9. The number of amides is 9. The van der Waals surface area contributed by atoms with E-state index in [9.17, 15) is 89.1 Å². The van der Waals surface area contributed by atoms with E-state index in [2.05, 4.69) is 53.2 Å². The van der Waals surface area contributed by atoms with Gasteiger partial charge in [-0.15, -0.1) is 0 Å². The second-order valence-electron chi connectivity index (χ2n) is 24.0. The smallest absolute Gasteiger partial charge is 0.222 e. The van der Waals surface area contributed by atoms with Gasteiger partial charge in [-0.05, 0) is 32.1 Å². The Morgan fingerprint density at radius 1 is 0.371 bits per heavy atom. The maximum Gasteiger partial charge on any atom is 0.222 e. The van der Waals surface area contributed by atoms with Gasteiger partial charge in [-0.1, -0.05) is 13.8 Å². The molecule has 0 bridgehead atoms. The minimum absolute atomic E-state index is 0.0108. The Hall–Kier alpha value is -5.53. The Bertz CT molecular complexity index is 2260. The molecule has 0 aliphatic carbocycles. The number of hydrogen-bond donors (Lipinski definition) is 19. The Morgan fingerprint density at radius 3 is 0.907 bits per heavy atom. The van der Waals surface area contributed by atoms with Crippen molar-refractivity contribution in [1.82, 2.24) is 53.2 Å². The van der Waals surface area contributed by atoms with Crippen molar-refractivity contribution < 1.29 is 132 Å². The lowest BCUT2D eigenvalue weighted by Crippen LogP contribution is -2.64. The van der Waals surface area contributed by atoms with Gasteiger partial charge in [0.05, 0.1) is 91.1 Å². The summed E-state index contributed by atoms with van der Waals surface area (Å²) in [5, 5.41) is 118. The van der Waals surface area contributed by atoms with Crippen LogP contribution in [0.2, 0.25) is 0 Å². The molecule has 9 unspecified atom stereocenters. The highest BCUT2D eigenvalue weighted by molar-refractivity contribution is 5.78. The van der Waals surface area contributed by atoms with Gasteiger partial charge in [0.2, 0.25) is 53.2 Å². The lowest BCUT2D eigenvalue weighted by atomic mass is 9.97. The van der Waals surface area contributed by atoms with Gasteiger partial charge in [-0.3, -0.25) is 43.2 Å². The molecule has 19 N–H and O–H groups in total. The van der Waals surface area contributed by atoms with Crippen LogP contribution in [0.3, 0.4) is 0 Å². The molecule has 97 heavy (non-hydrogen) atoms. The van der Waals surface area contributed by atoms with Crippen molar-refractivity contribution in [2.45, 2.75) is 209 Å². The molecule has 0 radical (unpaired) electrons. The predicted molar refractivity (Wildman–Crippen MR) is 336 cm³/mol. The summed E-state index contributed by atoms with van der Waals surface area (Å²) in [6, 6.07) is -3.55. The Balaban J connectivity index is 1.43. The van der Waals surface area contributed by atoms with Crippen LogP contribution in [0.25, 0.3) is 0 Å². The number of ether oxygens (including phenoxy) is 9. The van der Waals surface area contributed by atoms with E-state index in [0.717, 1.165) is 0 Å². The van der Waals surface area contributed by atoms with Gasteiger partial charge in [0.15, 0.2) is 18.9 Å². The quantitative estimate of drug-likeness (QED) is 0.0252. The van der Waals surface area contributed by atoms with Crippen LogP contribution in [-0.4, -0.2) is 321 Å². The van der Waals surface area contributed by atoms with Crippen molar-refractivity contribution in [3.63, 3.8) is 0 Å². The molecule has 3 aliphatic heterocycles. The molecule has 0 saturated carbocycles. The zero-order valence-electron chi connectivity index (χ0n) is 56.1. The standard InChI is InChI=1S/C60H108N10O27/c1-35(2)70-60(33-90-25-13-44(79)63-19-9-21-65-46(81)15-27-93-58-49(68-37(4)75)55(87)52(84)40(30-72)96-58,34-91-26-14-45(80)64-20-10-22-66-47(82)16-28-94-59-50(69-38(5)76)56(88)53(85)41(31-73)97-59)32-89-24-12-43(78)62-18-8-17-61-42(77)11-6-7-23-92-57-48(67-36(3)74)54(86)51(83)39(29-71)95-57/h35,39-41,48-59,70-73,83-88H,6-34H2,1-5H3,(H,61,77)(H,62,78)(H,63,79)(H,64,80)(H,65,81)(H,66,82)(H,67,74)(H,68,75)(H,69,76)/t39?,40?,41?,48?,49?,50?,51-,52-,53-,54?,55?,56?,57+,58+,59+,60?/m0/s1. The summed E-state index contributed by atoms with van der Waals surface area (Å²) in [4.78, 5) is 111. The van der Waals surface area contributed by atoms with Gasteiger partial charge in [0, 0.05) is 98.4 Å². The largest absolute Gasteiger partial charge is 0.394 e. The van der Waals surface area contributed by atoms with Gasteiger partial charge < -0.3 is 142 Å². The first-order chi connectivity index (χ1) is 46.2. The summed E-state index contributed by atoms with van der Waals surface area (Å²) in [7, 11) is 0. The number of carbonyl (C=O) groups is 9. The number of nitrogens with one attached hydrogen (secondary N) is 10. The summed E-state index contributed by atoms with van der Waals surface area (Å²) in [5.41, 5.74) is -1.04. The van der Waals surface area contributed by atoms with Crippen molar-refractivity contribution >= 4 is 53.2 Å². The SMILES string of the molecule is CC(=O)NC1C(O)[C@@H](O)C(CO)O[C@H]1OCCCCC(=O)NCCCNC(=O)CCOCC(COCCC(=O)NCCCNC(=O)CCO[C@@H]1OC(CO)[C@H](O)C(O)C1NC(C)=O)(COCCC(=O)NCCCNC(=O)CCO[C@@H]1OC(CO)[C@H](O)C(O)C1NC(C)=O)NC(C)C. The van der Waals surface area contributed by atoms with Gasteiger partial charge in [-0.25, -0.2) is 0 Å². The molecule has 37 heteroatoms. The molecule has 3 heterocycles. The summed E-state index contributed by atoms with van der Waals surface area (Å²) < 4.78 is 51.5. The monoisotopic (exact) mass is 1400 g/mol. The molecule has 3 aliphatic rings. The first-order valence-electron chi connectivity index (χ1n) is 32.9. The number of rotatable bonds is 49. The fraction of sp³-hybridized carbons (Fsp3) is 0.850. The lowest BCUT2D eigenvalue weighted by molar-refractivity contribution is -0.270. The van der Waals surface area contributed by atoms with Crippen molar-refractivity contribution in [2.75, 3.05) is 119 Å². The van der Waals surface area contributed by atoms with Crippen LogP contribution in [0, 0.1) is 0 Å². The van der Waals surface area contributed by atoms with Crippen LogP contribution in [0.1, 0.15) is 105 Å². The van der Waals surface area contributed by atoms with Crippen LogP contribution >= 0.6 is 0 Å². The number of unbranched alkanes of at least 4 members (excludes halogenated alkanes) is 1. The third-order valence-electron chi connectivity index (χ3n) is 15.2. The molecular weight excluding hydrogens is 1290 g/mol. The topological polar surface area (TPSA) is 539 Å². The molecule has 15 atom stereocenters. The highest BCUT2D eigenvalue weighted by Gasteiger charge is 2.48. The average Bonchev–Trinajstić information content (AvgIpc) is 0.831. The van der Waals surface area contributed by atoms with Crippen LogP contribution in [0.15, 0.2) is 0 Å². The van der Waals surface area contributed by atoms with Crippen molar-refractivity contribution in [3.8, 4) is 0 Å². The van der Waals surface area contributed by atoms with E-state index in [1.807, 2.05) is 13.8 Å². The van der Waals surface area contributed by atoms with Crippen LogP contribution in [0.5, 0.6) is 0 Å². The second-order valence-corrected chi connectivity index (χ2v) is 24.0. The first-order valence-corrected chi connectivity index (χ1v) is 32.9. The average molecular weight is 1400 g/mol. The maximum absolute atomic E-state index is 12.8. The van der Waals surface area contributed by atoms with Gasteiger partial charge in [-0.2, -0.15) is 0 Å². The van der Waals surface area contributed by atoms with E-state index in [1.54, 1.807) is 0 Å². The van der Waals surface area contributed by atoms with E-state index in [1.165, 1.54) is 20.8 Å². The molecule has 3 rings (SSSR count). The molecule has 560 valence electrons. The van der Waals surface area contributed by atoms with Crippen molar-refractivity contribution in [1.29, 1.82) is 0 Å². The molecule has 37 nitrogen and oxygen atoms in total. The molecule has 3 saturated heterocycles. The molecule has 3 fully saturated rings. The number of hydrogen-bond acceptors (Lipinski definition) is 28. The third-order valence-corrected chi connectivity index (χ3v) is 15.2. The maximum atomic E-state index is 12.8. The highest BCUT2D eigenvalue weighted by atomic mass is 16.7. The van der Waals surface area contributed by atoms with E-state index >= 15 is 0 Å². The van der Waals surface area contributed by atoms with Crippen molar-refractivity contribution in [3.05, 3.63) is 0 Å². The van der Waals surface area contributed by atoms with E-state index in [4.69, 9.17) is 42.6 Å². The minimum Gasteiger partial charge on any atom is -0.394 e. The molecule has 0 aromatic heterocycles. The second kappa shape index (κ2) is 47.5.